The minimum Gasteiger partial charge on any atom is -0.478 e. The van der Waals surface area contributed by atoms with E-state index < -0.39 is 11.9 Å². The number of carboxylic acids is 1. The predicted molar refractivity (Wildman–Crippen MR) is 90.5 cm³/mol. The number of halogens is 3. The lowest BCUT2D eigenvalue weighted by Gasteiger charge is -2.09. The Balaban J connectivity index is 2.33. The summed E-state index contributed by atoms with van der Waals surface area (Å²) in [6.07, 6.45) is 0. The van der Waals surface area contributed by atoms with Crippen molar-refractivity contribution in [3.8, 4) is 0 Å². The maximum atomic E-state index is 12.2. The van der Waals surface area contributed by atoms with E-state index in [4.69, 9.17) is 28.3 Å². The lowest BCUT2D eigenvalue weighted by Crippen LogP contribution is -2.14. The molecule has 7 heteroatoms. The van der Waals surface area contributed by atoms with E-state index in [0.29, 0.717) is 10.6 Å². The van der Waals surface area contributed by atoms with Crippen LogP contribution in [0.4, 0.5) is 5.69 Å². The molecule has 0 saturated carbocycles. The molecule has 0 heterocycles. The molecule has 0 radical (unpaired) electrons. The Labute approximate surface area is 144 Å². The number of carboxylic acid groups (broad SMARTS) is 1. The number of aromatic carboxylic acids is 1. The highest BCUT2D eigenvalue weighted by Crippen LogP contribution is 2.25. The highest BCUT2D eigenvalue weighted by atomic mass is 127. The van der Waals surface area contributed by atoms with E-state index >= 15 is 0 Å². The van der Waals surface area contributed by atoms with Crippen LogP contribution in [0.5, 0.6) is 0 Å². The van der Waals surface area contributed by atoms with Crippen molar-refractivity contribution in [3.63, 3.8) is 0 Å². The van der Waals surface area contributed by atoms with E-state index in [9.17, 15) is 9.59 Å². The standard InChI is InChI=1S/C14H8Cl2INO3/c15-8-2-4-11(17)9(6-8)13(19)18-12-5-7(14(20)21)1-3-10(12)16/h1-6H,(H,18,19)(H,20,21). The fourth-order valence-corrected chi connectivity index (χ4v) is 2.53. The van der Waals surface area contributed by atoms with Gasteiger partial charge in [-0.25, -0.2) is 4.79 Å². The van der Waals surface area contributed by atoms with Gasteiger partial charge in [0.15, 0.2) is 0 Å². The summed E-state index contributed by atoms with van der Waals surface area (Å²) in [6.45, 7) is 0. The van der Waals surface area contributed by atoms with Crippen molar-refractivity contribution in [1.29, 1.82) is 0 Å². The lowest BCUT2D eigenvalue weighted by molar-refractivity contribution is 0.0696. The van der Waals surface area contributed by atoms with Gasteiger partial charge in [0.2, 0.25) is 0 Å². The van der Waals surface area contributed by atoms with Gasteiger partial charge in [0.1, 0.15) is 0 Å². The normalized spacial score (nSPS) is 10.2. The molecule has 0 fully saturated rings. The van der Waals surface area contributed by atoms with Crippen LogP contribution in [0.25, 0.3) is 0 Å². The van der Waals surface area contributed by atoms with Crippen LogP contribution in [-0.2, 0) is 0 Å². The number of nitrogens with one attached hydrogen (secondary N) is 1. The predicted octanol–water partition coefficient (Wildman–Crippen LogP) is 4.55. The van der Waals surface area contributed by atoms with Gasteiger partial charge in [-0.15, -0.1) is 0 Å². The van der Waals surface area contributed by atoms with Gasteiger partial charge in [-0.3, -0.25) is 4.79 Å². The minimum atomic E-state index is -1.10. The Morgan fingerprint density at radius 2 is 1.81 bits per heavy atom. The third-order valence-electron chi connectivity index (χ3n) is 2.63. The Bertz CT molecular complexity index is 734. The second kappa shape index (κ2) is 6.64. The van der Waals surface area contributed by atoms with Crippen molar-refractivity contribution in [2.24, 2.45) is 0 Å². The molecular formula is C14H8Cl2INO3. The number of carbonyl (C=O) groups is 2. The van der Waals surface area contributed by atoms with Crippen molar-refractivity contribution in [2.75, 3.05) is 5.32 Å². The SMILES string of the molecule is O=C(O)c1ccc(Cl)c(NC(=O)c2cc(Cl)ccc2I)c1. The highest BCUT2D eigenvalue weighted by molar-refractivity contribution is 14.1. The average molecular weight is 436 g/mol. The van der Waals surface area contributed by atoms with Crippen molar-refractivity contribution >= 4 is 63.4 Å². The first-order valence-corrected chi connectivity index (χ1v) is 7.51. The van der Waals surface area contributed by atoms with Crippen LogP contribution >= 0.6 is 45.8 Å². The topological polar surface area (TPSA) is 66.4 Å². The molecule has 0 bridgehead atoms. The molecule has 0 aromatic heterocycles. The highest BCUT2D eigenvalue weighted by Gasteiger charge is 2.14. The summed E-state index contributed by atoms with van der Waals surface area (Å²) >= 11 is 13.9. The number of carbonyl (C=O) groups excluding carboxylic acids is 1. The number of hydrogen-bond donors (Lipinski definition) is 2. The Morgan fingerprint density at radius 1 is 1.10 bits per heavy atom. The van der Waals surface area contributed by atoms with Gasteiger partial charge in [-0.05, 0) is 59.0 Å². The summed E-state index contributed by atoms with van der Waals surface area (Å²) in [5, 5.41) is 12.2. The summed E-state index contributed by atoms with van der Waals surface area (Å²) in [7, 11) is 0. The van der Waals surface area contributed by atoms with Crippen LogP contribution in [0.1, 0.15) is 20.7 Å². The molecule has 0 atom stereocenters. The Morgan fingerprint density at radius 3 is 2.48 bits per heavy atom. The first-order chi connectivity index (χ1) is 9.88. The molecule has 2 rings (SSSR count). The zero-order chi connectivity index (χ0) is 15.6. The van der Waals surface area contributed by atoms with Gasteiger partial charge >= 0.3 is 5.97 Å². The van der Waals surface area contributed by atoms with Crippen molar-refractivity contribution < 1.29 is 14.7 Å². The molecule has 0 unspecified atom stereocenters. The molecule has 0 aliphatic rings. The molecule has 108 valence electrons. The number of rotatable bonds is 3. The molecule has 2 aromatic carbocycles. The number of anilines is 1. The third kappa shape index (κ3) is 3.87. The van der Waals surface area contributed by atoms with Crippen LogP contribution < -0.4 is 5.32 Å². The van der Waals surface area contributed by atoms with Gasteiger partial charge in [0.25, 0.3) is 5.91 Å². The Hall–Kier alpha value is -1.31. The largest absolute Gasteiger partial charge is 0.478 e. The molecule has 1 amide bonds. The molecule has 0 aliphatic carbocycles. The van der Waals surface area contributed by atoms with E-state index in [0.717, 1.165) is 3.57 Å². The first-order valence-electron chi connectivity index (χ1n) is 5.67. The summed E-state index contributed by atoms with van der Waals surface area (Å²) < 4.78 is 0.722. The minimum absolute atomic E-state index is 0.0375. The zero-order valence-electron chi connectivity index (χ0n) is 10.4. The van der Waals surface area contributed by atoms with E-state index in [1.165, 1.54) is 24.3 Å². The van der Waals surface area contributed by atoms with Crippen LogP contribution in [0.2, 0.25) is 10.0 Å². The summed E-state index contributed by atoms with van der Waals surface area (Å²) in [5.41, 5.74) is 0.660. The van der Waals surface area contributed by atoms with Crippen molar-refractivity contribution in [2.45, 2.75) is 0 Å². The summed E-state index contributed by atoms with van der Waals surface area (Å²) in [6, 6.07) is 9.02. The molecular weight excluding hydrogens is 428 g/mol. The van der Waals surface area contributed by atoms with Crippen LogP contribution in [-0.4, -0.2) is 17.0 Å². The van der Waals surface area contributed by atoms with Gasteiger partial charge in [-0.1, -0.05) is 23.2 Å². The van der Waals surface area contributed by atoms with Crippen LogP contribution in [0.15, 0.2) is 36.4 Å². The Kier molecular flexibility index (Phi) is 5.08. The zero-order valence-corrected chi connectivity index (χ0v) is 14.0. The summed E-state index contributed by atoms with van der Waals surface area (Å²) in [4.78, 5) is 23.2. The molecule has 0 spiro atoms. The van der Waals surface area contributed by atoms with Gasteiger partial charge < -0.3 is 10.4 Å². The summed E-state index contributed by atoms with van der Waals surface area (Å²) in [5.74, 6) is -1.51. The molecule has 2 aromatic rings. The second-order valence-corrected chi connectivity index (χ2v) is 6.08. The van der Waals surface area contributed by atoms with Crippen LogP contribution in [0, 0.1) is 3.57 Å². The lowest BCUT2D eigenvalue weighted by atomic mass is 10.1. The smallest absolute Gasteiger partial charge is 0.335 e. The fourth-order valence-electron chi connectivity index (χ4n) is 1.62. The number of benzene rings is 2. The molecule has 2 N–H and O–H groups in total. The number of hydrogen-bond acceptors (Lipinski definition) is 2. The van der Waals surface area contributed by atoms with Gasteiger partial charge in [-0.2, -0.15) is 0 Å². The maximum absolute atomic E-state index is 12.2. The van der Waals surface area contributed by atoms with E-state index in [1.54, 1.807) is 12.1 Å². The molecule has 4 nitrogen and oxygen atoms in total. The second-order valence-electron chi connectivity index (χ2n) is 4.08. The maximum Gasteiger partial charge on any atom is 0.335 e. The van der Waals surface area contributed by atoms with Gasteiger partial charge in [0.05, 0.1) is 21.8 Å². The van der Waals surface area contributed by atoms with E-state index in [1.807, 2.05) is 22.6 Å². The molecule has 0 saturated heterocycles. The first kappa shape index (κ1) is 16.1. The molecule has 21 heavy (non-hydrogen) atoms. The van der Waals surface area contributed by atoms with Crippen LogP contribution in [0.3, 0.4) is 0 Å². The third-order valence-corrected chi connectivity index (χ3v) is 4.14. The number of amides is 1. The quantitative estimate of drug-likeness (QED) is 0.695. The average Bonchev–Trinajstić information content (AvgIpc) is 2.43. The van der Waals surface area contributed by atoms with E-state index in [-0.39, 0.29) is 16.3 Å². The van der Waals surface area contributed by atoms with Crippen molar-refractivity contribution in [3.05, 3.63) is 61.1 Å². The van der Waals surface area contributed by atoms with E-state index in [2.05, 4.69) is 5.32 Å². The van der Waals surface area contributed by atoms with Gasteiger partial charge in [0, 0.05) is 8.59 Å². The molecule has 0 aliphatic heterocycles. The van der Waals surface area contributed by atoms with Crippen molar-refractivity contribution in [1.82, 2.24) is 0 Å². The monoisotopic (exact) mass is 435 g/mol. The fraction of sp³-hybridized carbons (Fsp3) is 0.